The Balaban J connectivity index is 1.48. The first-order valence-electron chi connectivity index (χ1n) is 8.05. The molecule has 1 atom stereocenters. The van der Waals surface area contributed by atoms with Crippen LogP contribution in [0.4, 0.5) is 10.9 Å². The zero-order valence-electron chi connectivity index (χ0n) is 13.8. The second kappa shape index (κ2) is 8.34. The summed E-state index contributed by atoms with van der Waals surface area (Å²) in [5, 5.41) is 13.9. The number of carbonyl (C=O) groups is 1. The Bertz CT molecular complexity index is 790. The molecule has 2 heterocycles. The molecule has 2 aromatic heterocycles. The van der Waals surface area contributed by atoms with Gasteiger partial charge in [-0.05, 0) is 30.0 Å². The van der Waals surface area contributed by atoms with Crippen LogP contribution in [0.5, 0.6) is 0 Å². The van der Waals surface area contributed by atoms with Gasteiger partial charge in [0.25, 0.3) is 5.91 Å². The average Bonchev–Trinajstić information content (AvgIpc) is 3.16. The maximum Gasteiger partial charge on any atom is 0.259 e. The van der Waals surface area contributed by atoms with Crippen LogP contribution in [0, 0.1) is 0 Å². The Morgan fingerprint density at radius 3 is 2.72 bits per heavy atom. The molecule has 128 valence electrons. The van der Waals surface area contributed by atoms with Crippen molar-refractivity contribution < 1.29 is 4.79 Å². The summed E-state index contributed by atoms with van der Waals surface area (Å²) in [6.07, 6.45) is 2.56. The van der Waals surface area contributed by atoms with Crippen molar-refractivity contribution >= 4 is 28.2 Å². The van der Waals surface area contributed by atoms with Gasteiger partial charge in [0.2, 0.25) is 5.13 Å². The Labute approximate surface area is 150 Å². The first-order chi connectivity index (χ1) is 12.2. The second-order valence-corrected chi connectivity index (χ2v) is 6.49. The van der Waals surface area contributed by atoms with E-state index in [1.807, 2.05) is 12.1 Å². The molecular weight excluding hydrogens is 334 g/mol. The fourth-order valence-electron chi connectivity index (χ4n) is 2.39. The molecule has 2 N–H and O–H groups in total. The van der Waals surface area contributed by atoms with Crippen molar-refractivity contribution in [2.75, 3.05) is 17.2 Å². The molecule has 0 saturated carbocycles. The Kier molecular flexibility index (Phi) is 5.69. The molecule has 1 unspecified atom stereocenters. The molecule has 0 aliphatic rings. The van der Waals surface area contributed by atoms with E-state index in [-0.39, 0.29) is 5.91 Å². The molecule has 0 fully saturated rings. The predicted octanol–water partition coefficient (Wildman–Crippen LogP) is 3.79. The van der Waals surface area contributed by atoms with Gasteiger partial charge in [0.05, 0.1) is 5.56 Å². The largest absolute Gasteiger partial charge is 0.370 e. The molecule has 1 aromatic carbocycles. The number of hydrogen-bond acceptors (Lipinski definition) is 6. The average molecular weight is 353 g/mol. The van der Waals surface area contributed by atoms with Gasteiger partial charge in [0, 0.05) is 12.7 Å². The fraction of sp³-hybridized carbons (Fsp3) is 0.222. The molecular formula is C18H19N5OS. The zero-order valence-corrected chi connectivity index (χ0v) is 14.7. The van der Waals surface area contributed by atoms with E-state index in [1.165, 1.54) is 16.9 Å². The first-order valence-corrected chi connectivity index (χ1v) is 8.93. The molecule has 6 nitrogen and oxygen atoms in total. The zero-order chi connectivity index (χ0) is 17.5. The molecule has 0 saturated heterocycles. The number of hydrogen-bond donors (Lipinski definition) is 2. The van der Waals surface area contributed by atoms with E-state index in [4.69, 9.17) is 0 Å². The van der Waals surface area contributed by atoms with Gasteiger partial charge < -0.3 is 5.32 Å². The fourth-order valence-corrected chi connectivity index (χ4v) is 2.83. The number of benzene rings is 1. The topological polar surface area (TPSA) is 79.8 Å². The summed E-state index contributed by atoms with van der Waals surface area (Å²) >= 11 is 1.27. The van der Waals surface area contributed by atoms with Crippen molar-refractivity contribution in [2.45, 2.75) is 19.3 Å². The Morgan fingerprint density at radius 1 is 1.20 bits per heavy atom. The van der Waals surface area contributed by atoms with Crippen LogP contribution in [-0.2, 0) is 0 Å². The van der Waals surface area contributed by atoms with Crippen molar-refractivity contribution in [2.24, 2.45) is 0 Å². The molecule has 1 amide bonds. The smallest absolute Gasteiger partial charge is 0.259 e. The SMILES string of the molecule is CC(CCNc1ccc(C(=O)Nc2nncs2)cn1)c1ccccc1. The van der Waals surface area contributed by atoms with Crippen molar-refractivity contribution in [3.8, 4) is 0 Å². The summed E-state index contributed by atoms with van der Waals surface area (Å²) in [7, 11) is 0. The minimum Gasteiger partial charge on any atom is -0.370 e. The lowest BCUT2D eigenvalue weighted by molar-refractivity contribution is 0.102. The quantitative estimate of drug-likeness (QED) is 0.675. The molecule has 3 aromatic rings. The Morgan fingerprint density at radius 2 is 2.04 bits per heavy atom. The van der Waals surface area contributed by atoms with Gasteiger partial charge in [-0.1, -0.05) is 48.6 Å². The van der Waals surface area contributed by atoms with Crippen LogP contribution in [0.1, 0.15) is 35.2 Å². The summed E-state index contributed by atoms with van der Waals surface area (Å²) in [6, 6.07) is 14.0. The number of nitrogens with one attached hydrogen (secondary N) is 2. The molecule has 25 heavy (non-hydrogen) atoms. The van der Waals surface area contributed by atoms with Crippen LogP contribution in [0.3, 0.4) is 0 Å². The lowest BCUT2D eigenvalue weighted by Gasteiger charge is -2.12. The first kappa shape index (κ1) is 17.0. The normalized spacial score (nSPS) is 11.7. The van der Waals surface area contributed by atoms with Crippen molar-refractivity contribution in [3.05, 3.63) is 65.3 Å². The highest BCUT2D eigenvalue weighted by atomic mass is 32.1. The standard InChI is InChI=1S/C18H19N5OS/c1-13(14-5-3-2-4-6-14)9-10-19-16-8-7-15(11-20-16)17(24)22-18-23-21-12-25-18/h2-8,11-13H,9-10H2,1H3,(H,19,20)(H,22,23,24). The summed E-state index contributed by atoms with van der Waals surface area (Å²) in [6.45, 7) is 3.03. The van der Waals surface area contributed by atoms with Crippen LogP contribution >= 0.6 is 11.3 Å². The number of amides is 1. The van der Waals surface area contributed by atoms with E-state index in [1.54, 1.807) is 17.8 Å². The minimum atomic E-state index is -0.242. The summed E-state index contributed by atoms with van der Waals surface area (Å²) in [5.41, 5.74) is 3.39. The van der Waals surface area contributed by atoms with Crippen LogP contribution in [0.25, 0.3) is 0 Å². The number of aromatic nitrogens is 3. The molecule has 0 radical (unpaired) electrons. The van der Waals surface area contributed by atoms with Gasteiger partial charge in [-0.25, -0.2) is 4.98 Å². The van der Waals surface area contributed by atoms with Gasteiger partial charge >= 0.3 is 0 Å². The lowest BCUT2D eigenvalue weighted by Crippen LogP contribution is -2.13. The second-order valence-electron chi connectivity index (χ2n) is 5.66. The van der Waals surface area contributed by atoms with Gasteiger partial charge in [0.15, 0.2) is 0 Å². The molecule has 7 heteroatoms. The van der Waals surface area contributed by atoms with E-state index >= 15 is 0 Å². The van der Waals surface area contributed by atoms with E-state index in [2.05, 4.69) is 57.0 Å². The number of anilines is 2. The van der Waals surface area contributed by atoms with E-state index < -0.39 is 0 Å². The van der Waals surface area contributed by atoms with Crippen LogP contribution in [0.15, 0.2) is 54.2 Å². The molecule has 0 aliphatic carbocycles. The Hall–Kier alpha value is -2.80. The van der Waals surface area contributed by atoms with Crippen molar-refractivity contribution in [1.29, 1.82) is 0 Å². The van der Waals surface area contributed by atoms with Crippen LogP contribution in [-0.4, -0.2) is 27.6 Å². The number of nitrogens with zero attached hydrogens (tertiary/aromatic N) is 3. The maximum absolute atomic E-state index is 12.1. The van der Waals surface area contributed by atoms with E-state index in [0.717, 1.165) is 18.8 Å². The third-order valence-electron chi connectivity index (χ3n) is 3.86. The number of carbonyl (C=O) groups excluding carboxylic acids is 1. The summed E-state index contributed by atoms with van der Waals surface area (Å²) in [4.78, 5) is 16.3. The minimum absolute atomic E-state index is 0.242. The number of pyridine rings is 1. The maximum atomic E-state index is 12.1. The van der Waals surface area contributed by atoms with Crippen LogP contribution in [0.2, 0.25) is 0 Å². The van der Waals surface area contributed by atoms with E-state index in [0.29, 0.717) is 16.6 Å². The van der Waals surface area contributed by atoms with Gasteiger partial charge in [-0.2, -0.15) is 0 Å². The molecule has 0 bridgehead atoms. The third-order valence-corrected chi connectivity index (χ3v) is 4.46. The van der Waals surface area contributed by atoms with E-state index in [9.17, 15) is 4.79 Å². The monoisotopic (exact) mass is 353 g/mol. The predicted molar refractivity (Wildman–Crippen MR) is 100 cm³/mol. The molecule has 3 rings (SSSR count). The van der Waals surface area contributed by atoms with Crippen LogP contribution < -0.4 is 10.6 Å². The summed E-state index contributed by atoms with van der Waals surface area (Å²) in [5.74, 6) is 0.992. The highest BCUT2D eigenvalue weighted by Gasteiger charge is 2.09. The van der Waals surface area contributed by atoms with Gasteiger partial charge in [-0.15, -0.1) is 10.2 Å². The summed E-state index contributed by atoms with van der Waals surface area (Å²) < 4.78 is 0. The van der Waals surface area contributed by atoms with Crippen molar-refractivity contribution in [3.63, 3.8) is 0 Å². The van der Waals surface area contributed by atoms with Gasteiger partial charge in [-0.3, -0.25) is 10.1 Å². The number of rotatable bonds is 7. The molecule has 0 aliphatic heterocycles. The highest BCUT2D eigenvalue weighted by molar-refractivity contribution is 7.13. The highest BCUT2D eigenvalue weighted by Crippen LogP contribution is 2.18. The third kappa shape index (κ3) is 4.84. The lowest BCUT2D eigenvalue weighted by atomic mass is 9.98. The molecule has 0 spiro atoms. The van der Waals surface area contributed by atoms with Gasteiger partial charge in [0.1, 0.15) is 11.3 Å². The van der Waals surface area contributed by atoms with Crippen molar-refractivity contribution in [1.82, 2.24) is 15.2 Å².